The van der Waals surface area contributed by atoms with Gasteiger partial charge in [-0.1, -0.05) is 42.4 Å². The summed E-state index contributed by atoms with van der Waals surface area (Å²) in [5.41, 5.74) is 1.09. The van der Waals surface area contributed by atoms with Crippen molar-refractivity contribution in [2.24, 2.45) is 0 Å². The van der Waals surface area contributed by atoms with Crippen LogP contribution in [0, 0.1) is 5.82 Å². The van der Waals surface area contributed by atoms with Crippen LogP contribution in [-0.4, -0.2) is 6.54 Å². The average molecular weight is 324 g/mol. The standard InChI is InChI=1S/C17H19ClFNS/c1-3-9-20-12(2)16-8-7-15(11-17(16)18)21-14-6-4-5-13(19)10-14/h4-8,10-12,20H,3,9H2,1-2H3. The molecule has 0 fully saturated rings. The third-order valence-corrected chi connectivity index (χ3v) is 4.48. The van der Waals surface area contributed by atoms with E-state index in [9.17, 15) is 4.39 Å². The summed E-state index contributed by atoms with van der Waals surface area (Å²) in [6.45, 7) is 5.22. The molecule has 0 aliphatic carbocycles. The highest BCUT2D eigenvalue weighted by atomic mass is 35.5. The number of hydrogen-bond donors (Lipinski definition) is 1. The predicted octanol–water partition coefficient (Wildman–Crippen LogP) is 5.69. The van der Waals surface area contributed by atoms with Crippen molar-refractivity contribution in [3.8, 4) is 0 Å². The van der Waals surface area contributed by atoms with Crippen LogP contribution in [0.1, 0.15) is 31.9 Å². The minimum absolute atomic E-state index is 0.222. The van der Waals surface area contributed by atoms with Crippen molar-refractivity contribution in [2.75, 3.05) is 6.54 Å². The molecule has 0 amide bonds. The topological polar surface area (TPSA) is 12.0 Å². The Morgan fingerprint density at radius 3 is 2.62 bits per heavy atom. The lowest BCUT2D eigenvalue weighted by Crippen LogP contribution is -2.19. The normalized spacial score (nSPS) is 12.4. The Bertz CT molecular complexity index is 603. The average Bonchev–Trinajstić information content (AvgIpc) is 2.45. The minimum atomic E-state index is -0.222. The van der Waals surface area contributed by atoms with Gasteiger partial charge in [0, 0.05) is 20.9 Å². The fourth-order valence-electron chi connectivity index (χ4n) is 2.06. The van der Waals surface area contributed by atoms with Gasteiger partial charge in [-0.05, 0) is 55.8 Å². The first-order valence-corrected chi connectivity index (χ1v) is 8.26. The van der Waals surface area contributed by atoms with Crippen molar-refractivity contribution in [2.45, 2.75) is 36.1 Å². The molecule has 2 aromatic carbocycles. The van der Waals surface area contributed by atoms with Crippen molar-refractivity contribution >= 4 is 23.4 Å². The van der Waals surface area contributed by atoms with Gasteiger partial charge in [-0.25, -0.2) is 4.39 Å². The molecule has 1 unspecified atom stereocenters. The van der Waals surface area contributed by atoms with Gasteiger partial charge in [0.1, 0.15) is 5.82 Å². The minimum Gasteiger partial charge on any atom is -0.310 e. The molecule has 0 spiro atoms. The SMILES string of the molecule is CCCNC(C)c1ccc(Sc2cccc(F)c2)cc1Cl. The van der Waals surface area contributed by atoms with Crippen LogP contribution in [0.4, 0.5) is 4.39 Å². The Morgan fingerprint density at radius 2 is 1.95 bits per heavy atom. The van der Waals surface area contributed by atoms with Crippen molar-refractivity contribution < 1.29 is 4.39 Å². The van der Waals surface area contributed by atoms with E-state index in [0.29, 0.717) is 0 Å². The summed E-state index contributed by atoms with van der Waals surface area (Å²) in [4.78, 5) is 1.88. The van der Waals surface area contributed by atoms with Gasteiger partial charge in [0.05, 0.1) is 0 Å². The van der Waals surface area contributed by atoms with E-state index in [4.69, 9.17) is 11.6 Å². The maximum absolute atomic E-state index is 13.2. The Morgan fingerprint density at radius 1 is 1.19 bits per heavy atom. The van der Waals surface area contributed by atoms with Crippen LogP contribution in [0.5, 0.6) is 0 Å². The van der Waals surface area contributed by atoms with Gasteiger partial charge < -0.3 is 5.32 Å². The molecule has 1 N–H and O–H groups in total. The fourth-order valence-corrected chi connectivity index (χ4v) is 3.37. The summed E-state index contributed by atoms with van der Waals surface area (Å²) in [6.07, 6.45) is 1.09. The number of rotatable bonds is 6. The molecule has 1 nitrogen and oxygen atoms in total. The van der Waals surface area contributed by atoms with Crippen LogP contribution in [0.25, 0.3) is 0 Å². The van der Waals surface area contributed by atoms with Gasteiger partial charge in [-0.3, -0.25) is 0 Å². The molecule has 0 saturated carbocycles. The molecular formula is C17H19ClFNS. The van der Waals surface area contributed by atoms with Crippen molar-refractivity contribution in [3.05, 3.63) is 58.9 Å². The maximum atomic E-state index is 13.2. The maximum Gasteiger partial charge on any atom is 0.124 e. The molecule has 0 aliphatic rings. The number of benzene rings is 2. The Kier molecular flexibility index (Phi) is 6.09. The van der Waals surface area contributed by atoms with E-state index in [1.54, 1.807) is 6.07 Å². The molecule has 0 bridgehead atoms. The van der Waals surface area contributed by atoms with Gasteiger partial charge in [0.2, 0.25) is 0 Å². The highest BCUT2D eigenvalue weighted by Crippen LogP contribution is 2.32. The number of halogens is 2. The zero-order valence-electron chi connectivity index (χ0n) is 12.2. The van der Waals surface area contributed by atoms with Crippen molar-refractivity contribution in [1.29, 1.82) is 0 Å². The molecule has 2 aromatic rings. The van der Waals surface area contributed by atoms with Crippen LogP contribution in [0.15, 0.2) is 52.3 Å². The second-order valence-corrected chi connectivity index (χ2v) is 6.47. The van der Waals surface area contributed by atoms with Crippen molar-refractivity contribution in [3.63, 3.8) is 0 Å². The number of nitrogens with one attached hydrogen (secondary N) is 1. The van der Waals surface area contributed by atoms with Crippen LogP contribution >= 0.6 is 23.4 Å². The second-order valence-electron chi connectivity index (χ2n) is 4.92. The Balaban J connectivity index is 2.11. The third-order valence-electron chi connectivity index (χ3n) is 3.17. The van der Waals surface area contributed by atoms with Gasteiger partial charge >= 0.3 is 0 Å². The van der Waals surface area contributed by atoms with E-state index in [0.717, 1.165) is 33.3 Å². The van der Waals surface area contributed by atoms with Gasteiger partial charge in [0.15, 0.2) is 0 Å². The summed E-state index contributed by atoms with van der Waals surface area (Å²) in [5.74, 6) is -0.222. The molecule has 21 heavy (non-hydrogen) atoms. The molecule has 4 heteroatoms. The highest BCUT2D eigenvalue weighted by molar-refractivity contribution is 7.99. The van der Waals surface area contributed by atoms with Gasteiger partial charge in [-0.2, -0.15) is 0 Å². The van der Waals surface area contributed by atoms with Crippen LogP contribution in [0.2, 0.25) is 5.02 Å². The molecule has 0 aliphatic heterocycles. The van der Waals surface area contributed by atoms with Gasteiger partial charge in [-0.15, -0.1) is 0 Å². The number of hydrogen-bond acceptors (Lipinski definition) is 2. The van der Waals surface area contributed by atoms with E-state index in [1.165, 1.54) is 23.9 Å². The molecule has 0 heterocycles. The summed E-state index contributed by atoms with van der Waals surface area (Å²) < 4.78 is 13.2. The monoisotopic (exact) mass is 323 g/mol. The first kappa shape index (κ1) is 16.3. The summed E-state index contributed by atoms with van der Waals surface area (Å²) in [6, 6.07) is 12.8. The molecule has 2 rings (SSSR count). The zero-order valence-corrected chi connectivity index (χ0v) is 13.8. The Labute approximate surface area is 134 Å². The van der Waals surface area contributed by atoms with Crippen molar-refractivity contribution in [1.82, 2.24) is 5.32 Å². The van der Waals surface area contributed by atoms with Gasteiger partial charge in [0.25, 0.3) is 0 Å². The van der Waals surface area contributed by atoms with E-state index in [2.05, 4.69) is 19.2 Å². The molecule has 0 aromatic heterocycles. The lowest BCUT2D eigenvalue weighted by Gasteiger charge is -2.16. The van der Waals surface area contributed by atoms with E-state index >= 15 is 0 Å². The largest absolute Gasteiger partial charge is 0.310 e. The first-order valence-electron chi connectivity index (χ1n) is 7.06. The van der Waals surface area contributed by atoms with E-state index in [1.807, 2.05) is 24.3 Å². The zero-order chi connectivity index (χ0) is 15.2. The first-order chi connectivity index (χ1) is 10.1. The predicted molar refractivity (Wildman–Crippen MR) is 88.7 cm³/mol. The summed E-state index contributed by atoms with van der Waals surface area (Å²) >= 11 is 7.88. The summed E-state index contributed by atoms with van der Waals surface area (Å²) in [7, 11) is 0. The van der Waals surface area contributed by atoms with E-state index in [-0.39, 0.29) is 11.9 Å². The molecular weight excluding hydrogens is 305 g/mol. The smallest absolute Gasteiger partial charge is 0.124 e. The Hall–Kier alpha value is -1.03. The summed E-state index contributed by atoms with van der Waals surface area (Å²) in [5, 5.41) is 4.17. The molecule has 0 radical (unpaired) electrons. The van der Waals surface area contributed by atoms with Crippen LogP contribution < -0.4 is 5.32 Å². The van der Waals surface area contributed by atoms with E-state index < -0.39 is 0 Å². The molecule has 112 valence electrons. The molecule has 1 atom stereocenters. The third kappa shape index (κ3) is 4.73. The van der Waals surface area contributed by atoms with Crippen LogP contribution in [0.3, 0.4) is 0 Å². The van der Waals surface area contributed by atoms with Crippen LogP contribution in [-0.2, 0) is 0 Å². The quantitative estimate of drug-likeness (QED) is 0.732. The fraction of sp³-hybridized carbons (Fsp3) is 0.294. The highest BCUT2D eigenvalue weighted by Gasteiger charge is 2.10. The lowest BCUT2D eigenvalue weighted by atomic mass is 10.1. The lowest BCUT2D eigenvalue weighted by molar-refractivity contribution is 0.570. The second kappa shape index (κ2) is 7.83. The molecule has 0 saturated heterocycles.